The van der Waals surface area contributed by atoms with Crippen molar-refractivity contribution in [3.8, 4) is 6.07 Å². The Morgan fingerprint density at radius 3 is 2.65 bits per heavy atom. The molecular formula is C14H18N2O2S2. The molecule has 0 spiro atoms. The minimum Gasteiger partial charge on any atom is -0.207 e. The van der Waals surface area contributed by atoms with Crippen LogP contribution in [0.4, 0.5) is 0 Å². The first-order chi connectivity index (χ1) is 9.56. The van der Waals surface area contributed by atoms with Crippen LogP contribution in [0.25, 0.3) is 0 Å². The molecule has 4 nitrogen and oxygen atoms in total. The second kappa shape index (κ2) is 6.61. The molecule has 0 saturated heterocycles. The number of sulfonamides is 1. The van der Waals surface area contributed by atoms with Crippen LogP contribution in [0.5, 0.6) is 0 Å². The molecule has 0 amide bonds. The van der Waals surface area contributed by atoms with Gasteiger partial charge in [0.1, 0.15) is 0 Å². The van der Waals surface area contributed by atoms with Gasteiger partial charge in [-0.3, -0.25) is 0 Å². The third-order valence-electron chi connectivity index (χ3n) is 3.58. The minimum absolute atomic E-state index is 0.0220. The van der Waals surface area contributed by atoms with Crippen LogP contribution in [-0.2, 0) is 16.4 Å². The van der Waals surface area contributed by atoms with Gasteiger partial charge >= 0.3 is 0 Å². The van der Waals surface area contributed by atoms with E-state index >= 15 is 0 Å². The van der Waals surface area contributed by atoms with Gasteiger partial charge in [-0.1, -0.05) is 18.6 Å². The van der Waals surface area contributed by atoms with Gasteiger partial charge in [0, 0.05) is 11.3 Å². The van der Waals surface area contributed by atoms with E-state index in [9.17, 15) is 8.42 Å². The van der Waals surface area contributed by atoms with E-state index in [1.807, 2.05) is 12.3 Å². The molecule has 1 aromatic rings. The molecular weight excluding hydrogens is 292 g/mol. The first-order valence-electron chi connectivity index (χ1n) is 6.58. The second-order valence-electron chi connectivity index (χ2n) is 4.91. The third-order valence-corrected chi connectivity index (χ3v) is 6.25. The lowest BCUT2D eigenvalue weighted by Gasteiger charge is -2.19. The molecule has 1 N–H and O–H groups in total. The molecule has 0 heterocycles. The fraction of sp³-hybridized carbons (Fsp3) is 0.500. The van der Waals surface area contributed by atoms with E-state index in [-0.39, 0.29) is 10.9 Å². The highest BCUT2D eigenvalue weighted by atomic mass is 32.2. The van der Waals surface area contributed by atoms with Crippen LogP contribution in [-0.4, -0.2) is 26.0 Å². The van der Waals surface area contributed by atoms with Gasteiger partial charge in [0.05, 0.1) is 17.4 Å². The molecule has 2 atom stereocenters. The van der Waals surface area contributed by atoms with Crippen molar-refractivity contribution in [2.75, 3.05) is 6.26 Å². The summed E-state index contributed by atoms with van der Waals surface area (Å²) in [4.78, 5) is 0.269. The molecule has 108 valence electrons. The van der Waals surface area contributed by atoms with Gasteiger partial charge in [-0.25, -0.2) is 13.1 Å². The number of hydrogen-bond acceptors (Lipinski definition) is 4. The average Bonchev–Trinajstić information content (AvgIpc) is 2.86. The zero-order chi connectivity index (χ0) is 14.6. The average molecular weight is 310 g/mol. The molecule has 2 rings (SSSR count). The van der Waals surface area contributed by atoms with Gasteiger partial charge in [0.2, 0.25) is 10.0 Å². The van der Waals surface area contributed by atoms with Crippen LogP contribution in [0, 0.1) is 11.3 Å². The highest BCUT2D eigenvalue weighted by Crippen LogP contribution is 2.29. The first kappa shape index (κ1) is 15.4. The number of thioether (sulfide) groups is 1. The van der Waals surface area contributed by atoms with Gasteiger partial charge in [-0.05, 0) is 36.8 Å². The van der Waals surface area contributed by atoms with Crippen molar-refractivity contribution >= 4 is 21.8 Å². The van der Waals surface area contributed by atoms with Gasteiger partial charge in [0.25, 0.3) is 0 Å². The third kappa shape index (κ3) is 3.54. The molecule has 2 unspecified atom stereocenters. The van der Waals surface area contributed by atoms with Gasteiger partial charge in [0.15, 0.2) is 0 Å². The summed E-state index contributed by atoms with van der Waals surface area (Å²) in [6.45, 7) is 0. The van der Waals surface area contributed by atoms with Crippen molar-refractivity contribution in [3.05, 3.63) is 29.8 Å². The summed E-state index contributed by atoms with van der Waals surface area (Å²) in [6.07, 6.45) is 5.35. The lowest BCUT2D eigenvalue weighted by atomic mass is 10.2. The fourth-order valence-electron chi connectivity index (χ4n) is 2.49. The van der Waals surface area contributed by atoms with Crippen molar-refractivity contribution < 1.29 is 8.42 Å². The Kier molecular flexibility index (Phi) is 5.08. The maximum atomic E-state index is 12.3. The monoisotopic (exact) mass is 310 g/mol. The quantitative estimate of drug-likeness (QED) is 0.906. The Balaban J connectivity index is 2.12. The summed E-state index contributed by atoms with van der Waals surface area (Å²) >= 11 is 1.72. The molecule has 0 aromatic heterocycles. The Morgan fingerprint density at radius 1 is 1.35 bits per heavy atom. The lowest BCUT2D eigenvalue weighted by molar-refractivity contribution is 0.555. The predicted octanol–water partition coefficient (Wildman–Crippen LogP) is 2.32. The summed E-state index contributed by atoms with van der Waals surface area (Å²) in [5, 5.41) is 8.98. The maximum Gasteiger partial charge on any atom is 0.240 e. The molecule has 0 bridgehead atoms. The largest absolute Gasteiger partial charge is 0.240 e. The Morgan fingerprint density at radius 2 is 2.05 bits per heavy atom. The second-order valence-corrected chi connectivity index (χ2v) is 7.70. The van der Waals surface area contributed by atoms with E-state index in [1.54, 1.807) is 36.0 Å². The lowest BCUT2D eigenvalue weighted by Crippen LogP contribution is -2.38. The van der Waals surface area contributed by atoms with Crippen molar-refractivity contribution in [1.29, 1.82) is 5.26 Å². The first-order valence-corrected chi connectivity index (χ1v) is 9.35. The number of nitrogens with one attached hydrogen (secondary N) is 1. The van der Waals surface area contributed by atoms with Crippen molar-refractivity contribution in [2.45, 2.75) is 41.9 Å². The Labute approximate surface area is 124 Å². The maximum absolute atomic E-state index is 12.3. The van der Waals surface area contributed by atoms with Crippen molar-refractivity contribution in [3.63, 3.8) is 0 Å². The number of nitrogens with zero attached hydrogens (tertiary/aromatic N) is 1. The molecule has 1 aliphatic carbocycles. The molecule has 1 fully saturated rings. The highest BCUT2D eigenvalue weighted by molar-refractivity contribution is 7.99. The predicted molar refractivity (Wildman–Crippen MR) is 81.0 cm³/mol. The molecule has 20 heavy (non-hydrogen) atoms. The summed E-state index contributed by atoms with van der Waals surface area (Å²) < 4.78 is 27.5. The van der Waals surface area contributed by atoms with E-state index in [0.717, 1.165) is 24.8 Å². The van der Waals surface area contributed by atoms with Crippen LogP contribution >= 0.6 is 11.8 Å². The van der Waals surface area contributed by atoms with Crippen LogP contribution in [0.1, 0.15) is 24.8 Å². The zero-order valence-electron chi connectivity index (χ0n) is 11.4. The summed E-state index contributed by atoms with van der Waals surface area (Å²) in [6, 6.07) is 8.59. The smallest absolute Gasteiger partial charge is 0.207 e. The zero-order valence-corrected chi connectivity index (χ0v) is 13.0. The van der Waals surface area contributed by atoms with E-state index in [1.165, 1.54) is 0 Å². The fourth-order valence-corrected chi connectivity index (χ4v) is 4.82. The summed E-state index contributed by atoms with van der Waals surface area (Å²) in [5.41, 5.74) is 0.828. The summed E-state index contributed by atoms with van der Waals surface area (Å²) in [7, 11) is -3.46. The van der Waals surface area contributed by atoms with E-state index in [2.05, 4.69) is 4.72 Å². The van der Waals surface area contributed by atoms with Crippen LogP contribution in [0.2, 0.25) is 0 Å². The topological polar surface area (TPSA) is 70.0 Å². The number of nitriles is 1. The van der Waals surface area contributed by atoms with Crippen molar-refractivity contribution in [2.24, 2.45) is 0 Å². The van der Waals surface area contributed by atoms with Gasteiger partial charge < -0.3 is 0 Å². The highest BCUT2D eigenvalue weighted by Gasteiger charge is 2.30. The van der Waals surface area contributed by atoms with Crippen LogP contribution < -0.4 is 4.72 Å². The molecule has 6 heteroatoms. The number of benzene rings is 1. The van der Waals surface area contributed by atoms with E-state index in [4.69, 9.17) is 5.26 Å². The van der Waals surface area contributed by atoms with Crippen LogP contribution in [0.3, 0.4) is 0 Å². The molecule has 1 saturated carbocycles. The van der Waals surface area contributed by atoms with E-state index in [0.29, 0.717) is 11.7 Å². The Bertz CT molecular complexity index is 591. The Hall–Kier alpha value is -1.03. The molecule has 0 aliphatic heterocycles. The molecule has 0 radical (unpaired) electrons. The number of hydrogen-bond donors (Lipinski definition) is 1. The molecule has 1 aliphatic rings. The normalized spacial score (nSPS) is 22.6. The number of rotatable bonds is 5. The van der Waals surface area contributed by atoms with Crippen molar-refractivity contribution in [1.82, 2.24) is 4.72 Å². The molecule has 1 aromatic carbocycles. The van der Waals surface area contributed by atoms with Gasteiger partial charge in [-0.15, -0.1) is 0 Å². The SMILES string of the molecule is CSC1CCCC1NS(=O)(=O)c1ccc(CC#N)cc1. The van der Waals surface area contributed by atoms with Gasteiger partial charge in [-0.2, -0.15) is 17.0 Å². The minimum atomic E-state index is -3.46. The van der Waals surface area contributed by atoms with Crippen LogP contribution in [0.15, 0.2) is 29.2 Å². The standard InChI is InChI=1S/C14H18N2O2S2/c1-19-14-4-2-3-13(14)16-20(17,18)12-7-5-11(6-8-12)9-10-15/h5-8,13-14,16H,2-4,9H2,1H3. The van der Waals surface area contributed by atoms with E-state index < -0.39 is 10.0 Å². The summed E-state index contributed by atoms with van der Waals surface area (Å²) in [5.74, 6) is 0.